The minimum absolute atomic E-state index is 0.0106. The van der Waals surface area contributed by atoms with Crippen molar-refractivity contribution in [2.45, 2.75) is 119 Å². The summed E-state index contributed by atoms with van der Waals surface area (Å²) >= 11 is 0. The molecule has 13 atom stereocenters. The molecular weight excluding hydrogens is 464 g/mol. The number of allylic oxidation sites excluding steroid dienone is 1. The van der Waals surface area contributed by atoms with E-state index in [9.17, 15) is 19.8 Å². The van der Waals surface area contributed by atoms with Gasteiger partial charge in [-0.25, -0.2) is 0 Å². The number of epoxide rings is 1. The van der Waals surface area contributed by atoms with E-state index in [1.54, 1.807) is 19.9 Å². The smallest absolute Gasteiger partial charge is 0.315 e. The van der Waals surface area contributed by atoms with Gasteiger partial charge in [-0.1, -0.05) is 13.0 Å². The number of aliphatic hydroxyl groups is 2. The van der Waals surface area contributed by atoms with Gasteiger partial charge in [-0.15, -0.1) is 0 Å². The fourth-order valence-electron chi connectivity index (χ4n) is 10.3. The third-order valence-electron chi connectivity index (χ3n) is 12.8. The molecule has 5 aliphatic heterocycles. The Morgan fingerprint density at radius 2 is 1.83 bits per heavy atom. The van der Waals surface area contributed by atoms with Gasteiger partial charge < -0.3 is 29.2 Å². The summed E-state index contributed by atoms with van der Waals surface area (Å²) in [6.07, 6.45) is 6.05. The number of carbonyl (C=O) groups excluding carboxylic acids is 2. The molecular formula is C28H36O8. The molecule has 4 aliphatic carbocycles. The molecule has 8 fully saturated rings. The van der Waals surface area contributed by atoms with Crippen LogP contribution in [-0.4, -0.2) is 68.5 Å². The van der Waals surface area contributed by atoms with Gasteiger partial charge in [0, 0.05) is 25.2 Å². The van der Waals surface area contributed by atoms with Crippen molar-refractivity contribution in [1.82, 2.24) is 0 Å². The van der Waals surface area contributed by atoms with Crippen molar-refractivity contribution >= 4 is 11.8 Å². The molecule has 8 nitrogen and oxygen atoms in total. The summed E-state index contributed by atoms with van der Waals surface area (Å²) < 4.78 is 26.3. The van der Waals surface area contributed by atoms with Gasteiger partial charge in [-0.3, -0.25) is 9.59 Å². The van der Waals surface area contributed by atoms with Gasteiger partial charge in [0.1, 0.15) is 17.8 Å². The Kier molecular flexibility index (Phi) is 3.75. The van der Waals surface area contributed by atoms with Crippen molar-refractivity contribution in [3.63, 3.8) is 0 Å². The predicted molar refractivity (Wildman–Crippen MR) is 123 cm³/mol. The van der Waals surface area contributed by atoms with Crippen molar-refractivity contribution in [1.29, 1.82) is 0 Å². The normalized spacial score (nSPS) is 65.9. The second-order valence-corrected chi connectivity index (χ2v) is 13.9. The molecule has 0 aromatic heterocycles. The van der Waals surface area contributed by atoms with Crippen LogP contribution in [0.25, 0.3) is 0 Å². The summed E-state index contributed by atoms with van der Waals surface area (Å²) in [7, 11) is 0. The summed E-state index contributed by atoms with van der Waals surface area (Å²) in [5.74, 6) is -1.42. The van der Waals surface area contributed by atoms with Crippen LogP contribution in [0, 0.1) is 28.6 Å². The van der Waals surface area contributed by atoms with Gasteiger partial charge in [0.05, 0.1) is 28.1 Å². The molecule has 36 heavy (non-hydrogen) atoms. The lowest BCUT2D eigenvalue weighted by Gasteiger charge is -2.67. The Morgan fingerprint density at radius 1 is 1.06 bits per heavy atom. The molecule has 5 heterocycles. The van der Waals surface area contributed by atoms with Crippen LogP contribution in [-0.2, 0) is 28.5 Å². The molecule has 8 heteroatoms. The van der Waals surface area contributed by atoms with Gasteiger partial charge >= 0.3 is 5.97 Å². The average Bonchev–Trinajstić information content (AvgIpc) is 3.46. The number of carbonyl (C=O) groups is 2. The Bertz CT molecular complexity index is 1150. The number of rotatable bonds is 1. The van der Waals surface area contributed by atoms with Crippen LogP contribution in [0.5, 0.6) is 0 Å². The summed E-state index contributed by atoms with van der Waals surface area (Å²) in [5, 5.41) is 23.6. The van der Waals surface area contributed by atoms with Gasteiger partial charge in [-0.2, -0.15) is 0 Å². The lowest BCUT2D eigenvalue weighted by molar-refractivity contribution is -0.438. The molecule has 0 amide bonds. The topological polar surface area (TPSA) is 115 Å². The Hall–Kier alpha value is -1.32. The summed E-state index contributed by atoms with van der Waals surface area (Å²) in [5.41, 5.74) is -5.89. The van der Waals surface area contributed by atoms with E-state index < -0.39 is 51.1 Å². The highest BCUT2D eigenvalue weighted by Crippen LogP contribution is 2.75. The minimum Gasteiger partial charge on any atom is -0.458 e. The number of ether oxygens (including phenoxy) is 4. The lowest BCUT2D eigenvalue weighted by Crippen LogP contribution is -2.80. The highest BCUT2D eigenvalue weighted by atomic mass is 16.8. The maximum absolute atomic E-state index is 13.5. The Balaban J connectivity index is 1.26. The van der Waals surface area contributed by atoms with Crippen molar-refractivity contribution in [3.05, 3.63) is 12.2 Å². The number of esters is 1. The zero-order chi connectivity index (χ0) is 25.3. The predicted octanol–water partition coefficient (Wildman–Crippen LogP) is 2.19. The second kappa shape index (κ2) is 5.96. The van der Waals surface area contributed by atoms with E-state index >= 15 is 0 Å². The van der Waals surface area contributed by atoms with Crippen LogP contribution in [0.15, 0.2) is 12.2 Å². The highest BCUT2D eigenvalue weighted by Gasteiger charge is 2.87. The van der Waals surface area contributed by atoms with E-state index in [0.29, 0.717) is 19.3 Å². The molecule has 3 saturated carbocycles. The number of hydrogen-bond donors (Lipinski definition) is 2. The Morgan fingerprint density at radius 3 is 2.58 bits per heavy atom. The fraction of sp³-hybridized carbons (Fsp3) is 0.857. The van der Waals surface area contributed by atoms with Crippen LogP contribution in [0.2, 0.25) is 0 Å². The maximum atomic E-state index is 13.5. The number of fused-ring (bicyclic) bond motifs is 7. The first-order valence-corrected chi connectivity index (χ1v) is 13.7. The molecule has 0 radical (unpaired) electrons. The van der Waals surface area contributed by atoms with E-state index in [1.165, 1.54) is 0 Å². The van der Waals surface area contributed by atoms with E-state index in [-0.39, 0.29) is 48.6 Å². The monoisotopic (exact) mass is 500 g/mol. The van der Waals surface area contributed by atoms with Gasteiger partial charge in [-0.05, 0) is 64.4 Å². The first kappa shape index (κ1) is 22.6. The number of ketones is 1. The van der Waals surface area contributed by atoms with Crippen molar-refractivity contribution < 1.29 is 38.7 Å². The quantitative estimate of drug-likeness (QED) is 0.416. The first-order valence-electron chi connectivity index (χ1n) is 13.7. The van der Waals surface area contributed by atoms with Crippen LogP contribution in [0.1, 0.15) is 72.6 Å². The van der Waals surface area contributed by atoms with E-state index in [4.69, 9.17) is 18.9 Å². The zero-order valence-electron chi connectivity index (χ0n) is 21.4. The largest absolute Gasteiger partial charge is 0.458 e. The van der Waals surface area contributed by atoms with Crippen molar-refractivity contribution in [2.75, 3.05) is 0 Å². The van der Waals surface area contributed by atoms with Gasteiger partial charge in [0.15, 0.2) is 11.4 Å². The average molecular weight is 501 g/mol. The molecule has 0 aromatic rings. The Labute approximate surface area is 210 Å². The highest BCUT2D eigenvalue weighted by molar-refractivity contribution is 5.98. The molecule has 5 saturated heterocycles. The van der Waals surface area contributed by atoms with Crippen molar-refractivity contribution in [2.24, 2.45) is 28.6 Å². The summed E-state index contributed by atoms with van der Waals surface area (Å²) in [6, 6.07) is 0. The number of hydrogen-bond acceptors (Lipinski definition) is 8. The zero-order valence-corrected chi connectivity index (χ0v) is 21.4. The van der Waals surface area contributed by atoms with E-state index in [2.05, 4.69) is 13.8 Å². The summed E-state index contributed by atoms with van der Waals surface area (Å²) in [4.78, 5) is 26.3. The molecule has 2 N–H and O–H groups in total. The van der Waals surface area contributed by atoms with E-state index in [0.717, 1.165) is 12.8 Å². The molecule has 2 unspecified atom stereocenters. The third kappa shape index (κ3) is 2.01. The molecule has 196 valence electrons. The van der Waals surface area contributed by atoms with Crippen molar-refractivity contribution in [3.8, 4) is 0 Å². The molecule has 9 rings (SSSR count). The standard InChI is InChI=1S/C28H36O8/c1-14-7-8-15-18-19(20-27(35-20)9-5-6-16(29)24(15,27)4)34-28(11-10-25(14,18)36-28)26(32)13-22(2)21(30)33-17(26)12-23(22,3)31/h5-6,14-15,17-20,31-32H,7-13H2,1-4H3/t14-,15+,17-,18?,19?,20-,22+,23-,24+,25+,26+,27-,28-/m1/s1. The van der Waals surface area contributed by atoms with Gasteiger partial charge in [0.2, 0.25) is 5.79 Å². The maximum Gasteiger partial charge on any atom is 0.315 e. The molecule has 4 bridgehead atoms. The minimum atomic E-state index is -1.59. The summed E-state index contributed by atoms with van der Waals surface area (Å²) in [6.45, 7) is 7.64. The SMILES string of the molecule is C[C@@H]1CC[C@H]2C3C(O[C@]4([C@]5(O)C[C@@]6(C)C(=O)O[C@@H]5C[C@@]6(C)O)CC[C@@]31O4)[C@H]1O[C@]13CC=CC(=O)[C@]23C. The van der Waals surface area contributed by atoms with E-state index in [1.807, 2.05) is 6.08 Å². The van der Waals surface area contributed by atoms with Crippen LogP contribution >= 0.6 is 0 Å². The molecule has 9 aliphatic rings. The molecule has 0 aromatic carbocycles. The third-order valence-corrected chi connectivity index (χ3v) is 12.8. The lowest BCUT2D eigenvalue weighted by atomic mass is 9.45. The van der Waals surface area contributed by atoms with Crippen LogP contribution < -0.4 is 0 Å². The molecule has 2 spiro atoms. The second-order valence-electron chi connectivity index (χ2n) is 13.9. The van der Waals surface area contributed by atoms with Gasteiger partial charge in [0.25, 0.3) is 0 Å². The first-order chi connectivity index (χ1) is 16.8. The van der Waals surface area contributed by atoms with Crippen LogP contribution in [0.3, 0.4) is 0 Å². The fourth-order valence-corrected chi connectivity index (χ4v) is 10.3. The van der Waals surface area contributed by atoms with Crippen LogP contribution in [0.4, 0.5) is 0 Å².